The fraction of sp³-hybridized carbons (Fsp3) is 0.125. The third-order valence-corrected chi connectivity index (χ3v) is 3.43. The molecule has 21 heavy (non-hydrogen) atoms. The van der Waals surface area contributed by atoms with Gasteiger partial charge in [-0.1, -0.05) is 24.3 Å². The molecule has 1 aliphatic heterocycles. The van der Waals surface area contributed by atoms with Gasteiger partial charge < -0.3 is 11.1 Å². The fourth-order valence-electron chi connectivity index (χ4n) is 2.40. The summed E-state index contributed by atoms with van der Waals surface area (Å²) in [6, 6.07) is 14.4. The standard InChI is InChI=1S/C16H15N3O2/c17-9-11-4-3-5-12(8-11)16(21)19-10-15(20)18-13-6-1-2-7-14(13)19/h1-8H,9-10,17H2,(H,18,20). The van der Waals surface area contributed by atoms with E-state index in [4.69, 9.17) is 5.73 Å². The number of rotatable bonds is 2. The summed E-state index contributed by atoms with van der Waals surface area (Å²) in [5.74, 6) is -0.398. The lowest BCUT2D eigenvalue weighted by Gasteiger charge is -2.29. The average Bonchev–Trinajstić information content (AvgIpc) is 2.53. The topological polar surface area (TPSA) is 75.4 Å². The first-order chi connectivity index (χ1) is 10.2. The number of carbonyl (C=O) groups excluding carboxylic acids is 2. The number of nitrogens with zero attached hydrogens (tertiary/aromatic N) is 1. The SMILES string of the molecule is NCc1cccc(C(=O)N2CC(=O)Nc3ccccc32)c1. The van der Waals surface area contributed by atoms with E-state index < -0.39 is 0 Å². The molecule has 2 aromatic carbocycles. The van der Waals surface area contributed by atoms with Gasteiger partial charge in [0.15, 0.2) is 0 Å². The minimum absolute atomic E-state index is 0.0166. The highest BCUT2D eigenvalue weighted by molar-refractivity contribution is 6.15. The molecule has 5 heteroatoms. The molecule has 3 N–H and O–H groups in total. The molecule has 0 aromatic heterocycles. The van der Waals surface area contributed by atoms with E-state index in [0.717, 1.165) is 5.56 Å². The van der Waals surface area contributed by atoms with Crippen LogP contribution in [0.15, 0.2) is 48.5 Å². The van der Waals surface area contributed by atoms with Crippen LogP contribution in [0.4, 0.5) is 11.4 Å². The monoisotopic (exact) mass is 281 g/mol. The summed E-state index contributed by atoms with van der Waals surface area (Å²) in [6.45, 7) is 0.390. The third-order valence-electron chi connectivity index (χ3n) is 3.43. The van der Waals surface area contributed by atoms with Crippen LogP contribution >= 0.6 is 0 Å². The second-order valence-electron chi connectivity index (χ2n) is 4.86. The maximum atomic E-state index is 12.7. The van der Waals surface area contributed by atoms with Crippen LogP contribution < -0.4 is 16.0 Å². The Morgan fingerprint density at radius 2 is 2.00 bits per heavy atom. The molecule has 0 aliphatic carbocycles. The summed E-state index contributed by atoms with van der Waals surface area (Å²) in [5.41, 5.74) is 8.38. The Labute approximate surface area is 122 Å². The van der Waals surface area contributed by atoms with Crippen LogP contribution in [-0.4, -0.2) is 18.4 Å². The summed E-state index contributed by atoms with van der Waals surface area (Å²) in [7, 11) is 0. The summed E-state index contributed by atoms with van der Waals surface area (Å²) in [4.78, 5) is 25.9. The molecule has 1 heterocycles. The first-order valence-corrected chi connectivity index (χ1v) is 6.69. The Bertz CT molecular complexity index is 712. The van der Waals surface area contributed by atoms with Gasteiger partial charge in [0.2, 0.25) is 5.91 Å². The lowest BCUT2D eigenvalue weighted by molar-refractivity contribution is -0.115. The number of nitrogens with one attached hydrogen (secondary N) is 1. The number of benzene rings is 2. The minimum Gasteiger partial charge on any atom is -0.326 e. The van der Waals surface area contributed by atoms with Gasteiger partial charge in [0, 0.05) is 12.1 Å². The second-order valence-corrected chi connectivity index (χ2v) is 4.86. The molecule has 0 radical (unpaired) electrons. The van der Waals surface area contributed by atoms with Crippen molar-refractivity contribution in [2.75, 3.05) is 16.8 Å². The second kappa shape index (κ2) is 5.38. The summed E-state index contributed by atoms with van der Waals surface area (Å²) >= 11 is 0. The lowest BCUT2D eigenvalue weighted by atomic mass is 10.1. The molecule has 0 saturated heterocycles. The van der Waals surface area contributed by atoms with Gasteiger partial charge in [-0.25, -0.2) is 0 Å². The van der Waals surface area contributed by atoms with Crippen molar-refractivity contribution in [1.82, 2.24) is 0 Å². The number of amides is 2. The van der Waals surface area contributed by atoms with Gasteiger partial charge in [-0.2, -0.15) is 0 Å². The number of fused-ring (bicyclic) bond motifs is 1. The van der Waals surface area contributed by atoms with Crippen LogP contribution in [0, 0.1) is 0 Å². The van der Waals surface area contributed by atoms with Gasteiger partial charge in [0.1, 0.15) is 6.54 Å². The highest BCUT2D eigenvalue weighted by Crippen LogP contribution is 2.30. The van der Waals surface area contributed by atoms with Gasteiger partial charge in [-0.3, -0.25) is 14.5 Å². The van der Waals surface area contributed by atoms with E-state index in [1.165, 1.54) is 4.90 Å². The highest BCUT2D eigenvalue weighted by atomic mass is 16.2. The van der Waals surface area contributed by atoms with E-state index in [-0.39, 0.29) is 18.4 Å². The molecule has 0 unspecified atom stereocenters. The van der Waals surface area contributed by atoms with E-state index in [1.54, 1.807) is 24.3 Å². The Kier molecular flexibility index (Phi) is 3.41. The molecule has 0 atom stereocenters. The van der Waals surface area contributed by atoms with Crippen LogP contribution in [0.1, 0.15) is 15.9 Å². The summed E-state index contributed by atoms with van der Waals surface area (Å²) in [6.07, 6.45) is 0. The molecule has 0 fully saturated rings. The lowest BCUT2D eigenvalue weighted by Crippen LogP contribution is -2.42. The van der Waals surface area contributed by atoms with Crippen molar-refractivity contribution in [3.8, 4) is 0 Å². The van der Waals surface area contributed by atoms with Gasteiger partial charge in [0.05, 0.1) is 11.4 Å². The van der Waals surface area contributed by atoms with Gasteiger partial charge in [0.25, 0.3) is 5.91 Å². The van der Waals surface area contributed by atoms with E-state index in [0.29, 0.717) is 23.5 Å². The maximum absolute atomic E-state index is 12.7. The molecule has 2 aromatic rings. The summed E-state index contributed by atoms with van der Waals surface area (Å²) in [5, 5.41) is 2.77. The number of carbonyl (C=O) groups is 2. The number of para-hydroxylation sites is 2. The summed E-state index contributed by atoms with van der Waals surface area (Å²) < 4.78 is 0. The molecule has 2 amide bonds. The van der Waals surface area contributed by atoms with E-state index in [2.05, 4.69) is 5.32 Å². The van der Waals surface area contributed by atoms with E-state index >= 15 is 0 Å². The molecule has 5 nitrogen and oxygen atoms in total. The largest absolute Gasteiger partial charge is 0.326 e. The minimum atomic E-state index is -0.201. The smallest absolute Gasteiger partial charge is 0.258 e. The van der Waals surface area contributed by atoms with Crippen molar-refractivity contribution in [3.63, 3.8) is 0 Å². The Balaban J connectivity index is 1.99. The van der Waals surface area contributed by atoms with Crippen molar-refractivity contribution in [2.45, 2.75) is 6.54 Å². The van der Waals surface area contributed by atoms with Gasteiger partial charge >= 0.3 is 0 Å². The first-order valence-electron chi connectivity index (χ1n) is 6.69. The Morgan fingerprint density at radius 1 is 1.19 bits per heavy atom. The molecule has 0 spiro atoms. The van der Waals surface area contributed by atoms with E-state index in [1.807, 2.05) is 24.3 Å². The number of hydrogen-bond acceptors (Lipinski definition) is 3. The Morgan fingerprint density at radius 3 is 2.81 bits per heavy atom. The molecule has 3 rings (SSSR count). The van der Waals surface area contributed by atoms with Crippen LogP contribution in [-0.2, 0) is 11.3 Å². The van der Waals surface area contributed by atoms with Gasteiger partial charge in [-0.15, -0.1) is 0 Å². The van der Waals surface area contributed by atoms with Crippen molar-refractivity contribution in [2.24, 2.45) is 5.73 Å². The number of anilines is 2. The molecule has 1 aliphatic rings. The predicted molar refractivity (Wildman–Crippen MR) is 81.1 cm³/mol. The van der Waals surface area contributed by atoms with Crippen LogP contribution in [0.5, 0.6) is 0 Å². The van der Waals surface area contributed by atoms with Crippen molar-refractivity contribution >= 4 is 23.2 Å². The molecule has 0 bridgehead atoms. The fourth-order valence-corrected chi connectivity index (χ4v) is 2.40. The number of nitrogens with two attached hydrogens (primary N) is 1. The highest BCUT2D eigenvalue weighted by Gasteiger charge is 2.27. The average molecular weight is 281 g/mol. The van der Waals surface area contributed by atoms with E-state index in [9.17, 15) is 9.59 Å². The van der Waals surface area contributed by atoms with Crippen LogP contribution in [0.3, 0.4) is 0 Å². The zero-order valence-electron chi connectivity index (χ0n) is 11.4. The molecule has 0 saturated carbocycles. The molecular formula is C16H15N3O2. The molecular weight excluding hydrogens is 266 g/mol. The third kappa shape index (κ3) is 2.51. The van der Waals surface area contributed by atoms with Crippen molar-refractivity contribution in [3.05, 3.63) is 59.7 Å². The zero-order valence-corrected chi connectivity index (χ0v) is 11.4. The van der Waals surface area contributed by atoms with Crippen molar-refractivity contribution < 1.29 is 9.59 Å². The first kappa shape index (κ1) is 13.3. The Hall–Kier alpha value is -2.66. The predicted octanol–water partition coefficient (Wildman–Crippen LogP) is 1.74. The normalized spacial score (nSPS) is 13.6. The zero-order chi connectivity index (χ0) is 14.8. The van der Waals surface area contributed by atoms with Gasteiger partial charge in [-0.05, 0) is 29.8 Å². The maximum Gasteiger partial charge on any atom is 0.258 e. The van der Waals surface area contributed by atoms with Crippen LogP contribution in [0.2, 0.25) is 0 Å². The van der Waals surface area contributed by atoms with Crippen molar-refractivity contribution in [1.29, 1.82) is 0 Å². The quantitative estimate of drug-likeness (QED) is 0.880. The molecule has 106 valence electrons. The number of hydrogen-bond donors (Lipinski definition) is 2. The van der Waals surface area contributed by atoms with Crippen LogP contribution in [0.25, 0.3) is 0 Å².